The lowest BCUT2D eigenvalue weighted by Gasteiger charge is -2.40. The van der Waals surface area contributed by atoms with Crippen molar-refractivity contribution in [1.82, 2.24) is 0 Å². The predicted octanol–water partition coefficient (Wildman–Crippen LogP) is 7.17. The lowest BCUT2D eigenvalue weighted by atomic mass is 9.67. The van der Waals surface area contributed by atoms with E-state index < -0.39 is 17.8 Å². The number of rotatable bonds is 1. The van der Waals surface area contributed by atoms with E-state index in [1.165, 1.54) is 12.1 Å². The van der Waals surface area contributed by atoms with E-state index in [-0.39, 0.29) is 11.2 Å². The Morgan fingerprint density at radius 3 is 2.52 bits per heavy atom. The molecule has 2 nitrogen and oxygen atoms in total. The van der Waals surface area contributed by atoms with Crippen molar-refractivity contribution in [3.8, 4) is 0 Å². The first-order chi connectivity index (χ1) is 14.6. The van der Waals surface area contributed by atoms with Crippen molar-refractivity contribution in [2.75, 3.05) is 5.32 Å². The molecule has 0 spiro atoms. The SMILES string of the molecule is CC1(C)CC(=O)C2=C(C1)C(c1cccc(C(F)(F)F)c1)Nc1ccc3ccccc3c12. The number of Topliss-reactive ketones (excluding diaryl/α,β-unsaturated/α-hetero) is 1. The summed E-state index contributed by atoms with van der Waals surface area (Å²) in [6.07, 6.45) is -3.36. The molecule has 158 valence electrons. The molecule has 1 N–H and O–H groups in total. The van der Waals surface area contributed by atoms with E-state index in [9.17, 15) is 18.0 Å². The van der Waals surface area contributed by atoms with Gasteiger partial charge in [0.15, 0.2) is 5.78 Å². The van der Waals surface area contributed by atoms with Crippen molar-refractivity contribution in [3.63, 3.8) is 0 Å². The largest absolute Gasteiger partial charge is 0.416 e. The van der Waals surface area contributed by atoms with Gasteiger partial charge in [0.1, 0.15) is 0 Å². The minimum atomic E-state index is -4.42. The van der Waals surface area contributed by atoms with Crippen LogP contribution in [0.1, 0.15) is 49.4 Å². The van der Waals surface area contributed by atoms with Gasteiger partial charge in [-0.1, -0.05) is 56.3 Å². The molecule has 1 aliphatic carbocycles. The average molecular weight is 421 g/mol. The molecule has 31 heavy (non-hydrogen) atoms. The Morgan fingerprint density at radius 1 is 0.968 bits per heavy atom. The molecule has 3 aromatic carbocycles. The zero-order valence-corrected chi connectivity index (χ0v) is 17.3. The summed E-state index contributed by atoms with van der Waals surface area (Å²) >= 11 is 0. The number of allylic oxidation sites excluding steroid dienone is 1. The van der Waals surface area contributed by atoms with Gasteiger partial charge in [0.2, 0.25) is 0 Å². The summed E-state index contributed by atoms with van der Waals surface area (Å²) < 4.78 is 40.1. The van der Waals surface area contributed by atoms with Crippen LogP contribution in [0.15, 0.2) is 66.2 Å². The monoisotopic (exact) mass is 421 g/mol. The molecule has 1 aliphatic heterocycles. The van der Waals surface area contributed by atoms with Crippen LogP contribution in [-0.2, 0) is 11.0 Å². The molecular formula is C26H22F3NO. The zero-order chi connectivity index (χ0) is 22.0. The van der Waals surface area contributed by atoms with Crippen molar-refractivity contribution in [3.05, 3.63) is 82.9 Å². The smallest absolute Gasteiger partial charge is 0.374 e. The Bertz CT molecular complexity index is 1250. The first-order valence-electron chi connectivity index (χ1n) is 10.4. The molecule has 0 amide bonds. The summed E-state index contributed by atoms with van der Waals surface area (Å²) in [5.74, 6) is 0.0577. The Morgan fingerprint density at radius 2 is 1.74 bits per heavy atom. The van der Waals surface area contributed by atoms with Crippen molar-refractivity contribution >= 4 is 27.8 Å². The highest BCUT2D eigenvalue weighted by Crippen LogP contribution is 2.52. The number of anilines is 1. The number of hydrogen-bond donors (Lipinski definition) is 1. The normalized spacial score (nSPS) is 20.3. The highest BCUT2D eigenvalue weighted by Gasteiger charge is 2.41. The maximum absolute atomic E-state index is 13.4. The number of nitrogens with one attached hydrogen (secondary N) is 1. The van der Waals surface area contributed by atoms with Crippen LogP contribution in [0.4, 0.5) is 18.9 Å². The van der Waals surface area contributed by atoms with E-state index in [0.717, 1.165) is 33.7 Å². The second-order valence-corrected chi connectivity index (χ2v) is 9.25. The van der Waals surface area contributed by atoms with Gasteiger partial charge < -0.3 is 5.32 Å². The van der Waals surface area contributed by atoms with Crippen LogP contribution < -0.4 is 5.32 Å². The van der Waals surface area contributed by atoms with Gasteiger partial charge in [-0.3, -0.25) is 4.79 Å². The van der Waals surface area contributed by atoms with Gasteiger partial charge in [0.05, 0.1) is 11.6 Å². The molecule has 1 atom stereocenters. The second-order valence-electron chi connectivity index (χ2n) is 9.25. The van der Waals surface area contributed by atoms with Crippen LogP contribution in [0.25, 0.3) is 16.3 Å². The molecular weight excluding hydrogens is 399 g/mol. The first kappa shape index (κ1) is 19.9. The molecule has 5 heteroatoms. The topological polar surface area (TPSA) is 29.1 Å². The minimum absolute atomic E-state index is 0.0577. The van der Waals surface area contributed by atoms with Gasteiger partial charge in [-0.25, -0.2) is 0 Å². The van der Waals surface area contributed by atoms with Gasteiger partial charge in [0, 0.05) is 23.2 Å². The van der Waals surface area contributed by atoms with E-state index in [4.69, 9.17) is 0 Å². The van der Waals surface area contributed by atoms with Crippen molar-refractivity contribution in [1.29, 1.82) is 0 Å². The predicted molar refractivity (Wildman–Crippen MR) is 117 cm³/mol. The van der Waals surface area contributed by atoms with Crippen LogP contribution in [0.5, 0.6) is 0 Å². The molecule has 1 unspecified atom stereocenters. The van der Waals surface area contributed by atoms with Crippen molar-refractivity contribution in [2.45, 2.75) is 38.9 Å². The molecule has 0 aromatic heterocycles. The van der Waals surface area contributed by atoms with E-state index in [0.29, 0.717) is 24.0 Å². The molecule has 3 aromatic rings. The quantitative estimate of drug-likeness (QED) is 0.451. The van der Waals surface area contributed by atoms with Gasteiger partial charge in [-0.05, 0) is 51.9 Å². The first-order valence-corrected chi connectivity index (χ1v) is 10.4. The summed E-state index contributed by atoms with van der Waals surface area (Å²) in [6, 6.07) is 16.7. The average Bonchev–Trinajstić information content (AvgIpc) is 2.71. The van der Waals surface area contributed by atoms with Crippen LogP contribution in [0.2, 0.25) is 0 Å². The fraction of sp³-hybridized carbons (Fsp3) is 0.269. The number of ketones is 1. The van der Waals surface area contributed by atoms with Crippen molar-refractivity contribution in [2.24, 2.45) is 5.41 Å². The van der Waals surface area contributed by atoms with Crippen LogP contribution in [-0.4, -0.2) is 5.78 Å². The van der Waals surface area contributed by atoms with Gasteiger partial charge in [0.25, 0.3) is 0 Å². The fourth-order valence-corrected chi connectivity index (χ4v) is 5.00. The molecule has 0 bridgehead atoms. The number of halogens is 3. The molecule has 2 aliphatic rings. The molecule has 1 heterocycles. The van der Waals surface area contributed by atoms with Crippen molar-refractivity contribution < 1.29 is 18.0 Å². The summed E-state index contributed by atoms with van der Waals surface area (Å²) in [7, 11) is 0. The third kappa shape index (κ3) is 3.32. The number of alkyl halides is 3. The molecule has 5 rings (SSSR count). The maximum Gasteiger partial charge on any atom is 0.416 e. The molecule has 0 fully saturated rings. The summed E-state index contributed by atoms with van der Waals surface area (Å²) in [6.45, 7) is 4.08. The maximum atomic E-state index is 13.4. The second kappa shape index (κ2) is 6.71. The number of benzene rings is 3. The molecule has 0 saturated heterocycles. The van der Waals surface area contributed by atoms with Crippen LogP contribution in [0.3, 0.4) is 0 Å². The lowest BCUT2D eigenvalue weighted by molar-refractivity contribution is -0.137. The summed E-state index contributed by atoms with van der Waals surface area (Å²) in [5.41, 5.74) is 2.80. The molecule has 0 saturated carbocycles. The minimum Gasteiger partial charge on any atom is -0.374 e. The van der Waals surface area contributed by atoms with E-state index >= 15 is 0 Å². The standard InChI is InChI=1S/C26H22F3NO/c1-25(2)13-19-23(21(31)14-25)22-18-9-4-3-6-15(18)10-11-20(22)30-24(19)16-7-5-8-17(12-16)26(27,28)29/h3-12,24,30H,13-14H2,1-2H3. The number of carbonyl (C=O) groups excluding carboxylic acids is 1. The van der Waals surface area contributed by atoms with Gasteiger partial charge >= 0.3 is 6.18 Å². The summed E-state index contributed by atoms with van der Waals surface area (Å²) in [5, 5.41) is 5.48. The van der Waals surface area contributed by atoms with Gasteiger partial charge in [-0.15, -0.1) is 0 Å². The van der Waals surface area contributed by atoms with E-state index in [1.54, 1.807) is 6.07 Å². The highest BCUT2D eigenvalue weighted by molar-refractivity contribution is 6.28. The number of carbonyl (C=O) groups is 1. The van der Waals surface area contributed by atoms with Crippen LogP contribution in [0, 0.1) is 5.41 Å². The number of hydrogen-bond acceptors (Lipinski definition) is 2. The lowest BCUT2D eigenvalue weighted by Crippen LogP contribution is -2.32. The summed E-state index contributed by atoms with van der Waals surface area (Å²) in [4.78, 5) is 13.4. The van der Waals surface area contributed by atoms with Gasteiger partial charge in [-0.2, -0.15) is 13.2 Å². The Hall–Kier alpha value is -3.08. The molecule has 0 radical (unpaired) electrons. The fourth-order valence-electron chi connectivity index (χ4n) is 5.00. The Labute approximate surface area is 178 Å². The third-order valence-corrected chi connectivity index (χ3v) is 6.28. The Kier molecular flexibility index (Phi) is 4.30. The third-order valence-electron chi connectivity index (χ3n) is 6.28. The zero-order valence-electron chi connectivity index (χ0n) is 17.3. The highest BCUT2D eigenvalue weighted by atomic mass is 19.4. The van der Waals surface area contributed by atoms with E-state index in [2.05, 4.69) is 5.32 Å². The van der Waals surface area contributed by atoms with Crippen LogP contribution >= 0.6 is 0 Å². The number of fused-ring (bicyclic) bond motifs is 4. The Balaban J connectivity index is 1.76. The van der Waals surface area contributed by atoms with E-state index in [1.807, 2.05) is 50.2 Å².